The molecule has 2 aromatic rings. The van der Waals surface area contributed by atoms with Crippen LogP contribution in [0.15, 0.2) is 30.1 Å². The molecule has 0 spiro atoms. The van der Waals surface area contributed by atoms with Crippen LogP contribution in [0.5, 0.6) is 0 Å². The molecule has 12 heteroatoms. The van der Waals surface area contributed by atoms with Gasteiger partial charge in [-0.15, -0.1) is 5.53 Å². The number of rotatable bonds is 6. The van der Waals surface area contributed by atoms with Gasteiger partial charge in [0.05, 0.1) is 24.5 Å². The number of fused-ring (bicyclic) bond motifs is 3. The van der Waals surface area contributed by atoms with Crippen molar-refractivity contribution in [3.63, 3.8) is 0 Å². The highest BCUT2D eigenvalue weighted by Gasteiger charge is 2.51. The molecule has 1 saturated carbocycles. The SMILES string of the molecule is Cc1c(C(=O)C(=O)NC2(C3=CNNN3C)COC2)c2n(c1C(=O)Nc1ccc(F)c(F)c1)[C@@H]1C[C@@H]1C2. The first kappa shape index (κ1) is 22.7. The topological polar surface area (TPSA) is 117 Å². The predicted octanol–water partition coefficient (Wildman–Crippen LogP) is 1.31. The summed E-state index contributed by atoms with van der Waals surface area (Å²) in [5.74, 6) is -3.85. The Morgan fingerprint density at radius 2 is 1.97 bits per heavy atom. The summed E-state index contributed by atoms with van der Waals surface area (Å²) in [6.07, 6.45) is 3.17. The Bertz CT molecular complexity index is 1360. The van der Waals surface area contributed by atoms with Crippen LogP contribution in [-0.4, -0.2) is 53.0 Å². The number of nitrogens with zero attached hydrogens (tertiary/aromatic N) is 2. The van der Waals surface area contributed by atoms with Crippen molar-refractivity contribution in [2.45, 2.75) is 31.3 Å². The molecular formula is C24H24F2N6O4. The number of carbonyl (C=O) groups excluding carboxylic acids is 3. The molecule has 2 amide bonds. The summed E-state index contributed by atoms with van der Waals surface area (Å²) >= 11 is 0. The van der Waals surface area contributed by atoms with Crippen molar-refractivity contribution in [2.24, 2.45) is 5.92 Å². The van der Waals surface area contributed by atoms with Crippen molar-refractivity contribution in [3.05, 3.63) is 64.2 Å². The number of benzene rings is 1. The molecule has 0 radical (unpaired) electrons. The van der Waals surface area contributed by atoms with Gasteiger partial charge in [-0.25, -0.2) is 8.78 Å². The van der Waals surface area contributed by atoms with Gasteiger partial charge in [0.15, 0.2) is 11.6 Å². The van der Waals surface area contributed by atoms with E-state index in [0.29, 0.717) is 23.6 Å². The summed E-state index contributed by atoms with van der Waals surface area (Å²) in [7, 11) is 1.77. The van der Waals surface area contributed by atoms with E-state index in [1.165, 1.54) is 6.07 Å². The zero-order valence-corrected chi connectivity index (χ0v) is 19.6. The number of carbonyl (C=O) groups is 3. The van der Waals surface area contributed by atoms with Crippen molar-refractivity contribution in [2.75, 3.05) is 25.6 Å². The van der Waals surface area contributed by atoms with E-state index in [1.807, 2.05) is 4.57 Å². The monoisotopic (exact) mass is 498 g/mol. The number of ether oxygens (including phenoxy) is 1. The van der Waals surface area contributed by atoms with Crippen LogP contribution in [0.2, 0.25) is 0 Å². The molecule has 0 bridgehead atoms. The summed E-state index contributed by atoms with van der Waals surface area (Å²) in [5, 5.41) is 7.13. The molecule has 1 saturated heterocycles. The molecule has 1 aliphatic carbocycles. The van der Waals surface area contributed by atoms with Gasteiger partial charge in [-0.05, 0) is 43.4 Å². The van der Waals surface area contributed by atoms with E-state index < -0.39 is 34.8 Å². The lowest BCUT2D eigenvalue weighted by atomic mass is 9.92. The maximum Gasteiger partial charge on any atom is 0.293 e. The average Bonchev–Trinajstić information content (AvgIpc) is 3.12. The first-order valence-corrected chi connectivity index (χ1v) is 11.6. The Hall–Kier alpha value is -3.77. The Morgan fingerprint density at radius 3 is 2.61 bits per heavy atom. The summed E-state index contributed by atoms with van der Waals surface area (Å²) in [5.41, 5.74) is 7.20. The zero-order valence-electron chi connectivity index (χ0n) is 19.6. The van der Waals surface area contributed by atoms with Crippen LogP contribution in [0.4, 0.5) is 14.5 Å². The third-order valence-electron chi connectivity index (χ3n) is 7.39. The Labute approximate surface area is 204 Å². The van der Waals surface area contributed by atoms with E-state index >= 15 is 0 Å². The van der Waals surface area contributed by atoms with Gasteiger partial charge in [0.1, 0.15) is 11.2 Å². The molecule has 0 unspecified atom stereocenters. The zero-order chi connectivity index (χ0) is 25.4. The summed E-state index contributed by atoms with van der Waals surface area (Å²) in [4.78, 5) is 39.9. The number of hydrogen-bond donors (Lipinski definition) is 4. The number of ketones is 1. The molecule has 6 rings (SSSR count). The van der Waals surface area contributed by atoms with Crippen molar-refractivity contribution in [1.82, 2.24) is 25.9 Å². The van der Waals surface area contributed by atoms with E-state index in [2.05, 4.69) is 21.6 Å². The highest BCUT2D eigenvalue weighted by Crippen LogP contribution is 2.54. The number of likely N-dealkylation sites (N-methyl/N-ethyl adjacent to an activating group) is 1. The fourth-order valence-electron chi connectivity index (χ4n) is 5.49. The van der Waals surface area contributed by atoms with Gasteiger partial charge in [0.25, 0.3) is 17.6 Å². The number of aromatic nitrogens is 1. The van der Waals surface area contributed by atoms with Crippen molar-refractivity contribution in [3.8, 4) is 0 Å². The minimum Gasteiger partial charge on any atom is -0.376 e. The van der Waals surface area contributed by atoms with Crippen LogP contribution < -0.4 is 21.6 Å². The fraction of sp³-hybridized carbons (Fsp3) is 0.375. The van der Waals surface area contributed by atoms with Crippen LogP contribution >= 0.6 is 0 Å². The van der Waals surface area contributed by atoms with Crippen LogP contribution in [0.1, 0.15) is 44.6 Å². The molecule has 2 fully saturated rings. The van der Waals surface area contributed by atoms with E-state index in [0.717, 1.165) is 24.3 Å². The second-order valence-corrected chi connectivity index (χ2v) is 9.72. The highest BCUT2D eigenvalue weighted by molar-refractivity contribution is 6.44. The van der Waals surface area contributed by atoms with Crippen LogP contribution in [-0.2, 0) is 16.0 Å². The Kier molecular flexibility index (Phi) is 4.96. The van der Waals surface area contributed by atoms with Gasteiger partial charge < -0.3 is 25.4 Å². The molecule has 3 aliphatic heterocycles. The second-order valence-electron chi connectivity index (χ2n) is 9.72. The molecule has 36 heavy (non-hydrogen) atoms. The largest absolute Gasteiger partial charge is 0.376 e. The number of hydrogen-bond acceptors (Lipinski definition) is 7. The number of hydrazine groups is 2. The molecule has 10 nitrogen and oxygen atoms in total. The maximum atomic E-state index is 13.7. The van der Waals surface area contributed by atoms with E-state index in [1.54, 1.807) is 25.2 Å². The Morgan fingerprint density at radius 1 is 1.19 bits per heavy atom. The molecule has 188 valence electrons. The molecule has 4 N–H and O–H groups in total. The van der Waals surface area contributed by atoms with Gasteiger partial charge >= 0.3 is 0 Å². The predicted molar refractivity (Wildman–Crippen MR) is 122 cm³/mol. The lowest BCUT2D eigenvalue weighted by Gasteiger charge is -2.44. The highest BCUT2D eigenvalue weighted by atomic mass is 19.2. The number of nitrogens with one attached hydrogen (secondary N) is 4. The average molecular weight is 498 g/mol. The van der Waals surface area contributed by atoms with Gasteiger partial charge in [-0.3, -0.25) is 19.4 Å². The first-order valence-electron chi connectivity index (χ1n) is 11.6. The second kappa shape index (κ2) is 7.87. The lowest BCUT2D eigenvalue weighted by molar-refractivity contribution is -0.126. The van der Waals surface area contributed by atoms with E-state index in [-0.39, 0.29) is 36.2 Å². The molecule has 1 aromatic carbocycles. The summed E-state index contributed by atoms with van der Waals surface area (Å²) in [6.45, 7) is 2.06. The quantitative estimate of drug-likeness (QED) is 0.351. The lowest BCUT2D eigenvalue weighted by Crippen LogP contribution is -2.66. The standard InChI is InChI=1S/C24H24F2N6O4/c1-11-19(21(33)23(35)29-24(9-36-10-24)18-8-27-30-31(18)2)17-6-12-5-16(12)32(17)20(11)22(34)28-13-3-4-14(25)15(26)7-13/h3-4,7-8,12,16,27,30H,5-6,9-10H2,1-2H3,(H,28,34)(H,29,35)/t12-,16-/m1/s1. The van der Waals surface area contributed by atoms with Crippen molar-refractivity contribution in [1.29, 1.82) is 0 Å². The van der Waals surface area contributed by atoms with E-state index in [4.69, 9.17) is 4.74 Å². The van der Waals surface area contributed by atoms with E-state index in [9.17, 15) is 23.2 Å². The molecule has 1 aromatic heterocycles. The van der Waals surface area contributed by atoms with Gasteiger partial charge in [-0.1, -0.05) is 0 Å². The smallest absolute Gasteiger partial charge is 0.293 e. The third-order valence-corrected chi connectivity index (χ3v) is 7.39. The number of anilines is 1. The number of halogens is 2. The van der Waals surface area contributed by atoms with Gasteiger partial charge in [0, 0.05) is 36.7 Å². The summed E-state index contributed by atoms with van der Waals surface area (Å²) < 4.78 is 34.2. The first-order chi connectivity index (χ1) is 17.2. The van der Waals surface area contributed by atoms with Crippen LogP contribution in [0.3, 0.4) is 0 Å². The fourth-order valence-corrected chi connectivity index (χ4v) is 5.49. The number of amides is 2. The van der Waals surface area contributed by atoms with Crippen molar-refractivity contribution >= 4 is 23.3 Å². The molecule has 4 heterocycles. The van der Waals surface area contributed by atoms with Gasteiger partial charge in [-0.2, -0.15) is 0 Å². The summed E-state index contributed by atoms with van der Waals surface area (Å²) in [6, 6.07) is 3.17. The number of Topliss-reactive ketones (excluding diaryl/α,β-unsaturated/α-hetero) is 1. The van der Waals surface area contributed by atoms with Gasteiger partial charge in [0.2, 0.25) is 0 Å². The molecule has 2 atom stereocenters. The maximum absolute atomic E-state index is 13.7. The normalized spacial score (nSPS) is 22.7. The molecule has 4 aliphatic rings. The van der Waals surface area contributed by atoms with Crippen LogP contribution in [0.25, 0.3) is 0 Å². The molecular weight excluding hydrogens is 474 g/mol. The minimum atomic E-state index is -1.08. The van der Waals surface area contributed by atoms with Crippen molar-refractivity contribution < 1.29 is 27.9 Å². The van der Waals surface area contributed by atoms with Crippen LogP contribution in [0, 0.1) is 24.5 Å². The minimum absolute atomic E-state index is 0.0785. The Balaban J connectivity index is 1.30. The third kappa shape index (κ3) is 3.32.